The van der Waals surface area contributed by atoms with Crippen molar-refractivity contribution in [2.75, 3.05) is 4.90 Å². The van der Waals surface area contributed by atoms with Gasteiger partial charge in [-0.1, -0.05) is 141 Å². The SMILES string of the molecule is CC(C)(c1ccccc1)c1ccc(N(c2ccc(-c3ccccc3)cc2)c2ccc3c4ccccc4n(-c4ccccc4)c3c2)cc1. The molecule has 2 nitrogen and oxygen atoms in total. The molecular weight excluding hydrogens is 569 g/mol. The third-order valence-corrected chi connectivity index (χ3v) is 9.51. The van der Waals surface area contributed by atoms with E-state index in [0.29, 0.717) is 0 Å². The first-order valence-electron chi connectivity index (χ1n) is 16.3. The summed E-state index contributed by atoms with van der Waals surface area (Å²) >= 11 is 0. The fraction of sp³-hybridized carbons (Fsp3) is 0.0667. The Labute approximate surface area is 276 Å². The predicted octanol–water partition coefficient (Wildman–Crippen LogP) is 12.2. The van der Waals surface area contributed by atoms with E-state index in [-0.39, 0.29) is 5.41 Å². The largest absolute Gasteiger partial charge is 0.310 e. The van der Waals surface area contributed by atoms with Crippen molar-refractivity contribution in [1.29, 1.82) is 0 Å². The molecule has 0 aliphatic carbocycles. The van der Waals surface area contributed by atoms with E-state index in [4.69, 9.17) is 0 Å². The van der Waals surface area contributed by atoms with Gasteiger partial charge in [0.1, 0.15) is 0 Å². The fourth-order valence-electron chi connectivity index (χ4n) is 6.88. The summed E-state index contributed by atoms with van der Waals surface area (Å²) in [5, 5.41) is 2.50. The van der Waals surface area contributed by atoms with Crippen LogP contribution in [-0.4, -0.2) is 4.57 Å². The predicted molar refractivity (Wildman–Crippen MR) is 199 cm³/mol. The second kappa shape index (κ2) is 11.8. The zero-order valence-corrected chi connectivity index (χ0v) is 26.7. The molecule has 0 atom stereocenters. The molecule has 0 aliphatic rings. The molecule has 0 N–H and O–H groups in total. The Morgan fingerprint density at radius 2 is 0.894 bits per heavy atom. The van der Waals surface area contributed by atoms with Gasteiger partial charge >= 0.3 is 0 Å². The number of fused-ring (bicyclic) bond motifs is 3. The first kappa shape index (κ1) is 28.6. The van der Waals surface area contributed by atoms with Gasteiger partial charge in [0.2, 0.25) is 0 Å². The van der Waals surface area contributed by atoms with E-state index in [1.54, 1.807) is 0 Å². The van der Waals surface area contributed by atoms with Gasteiger partial charge < -0.3 is 9.47 Å². The first-order chi connectivity index (χ1) is 23.1. The van der Waals surface area contributed by atoms with Crippen LogP contribution in [0.4, 0.5) is 17.1 Å². The van der Waals surface area contributed by atoms with E-state index in [1.165, 1.54) is 44.1 Å². The van der Waals surface area contributed by atoms with Crippen LogP contribution in [0.15, 0.2) is 182 Å². The van der Waals surface area contributed by atoms with Gasteiger partial charge in [-0.25, -0.2) is 0 Å². The number of benzene rings is 7. The molecule has 1 aromatic heterocycles. The highest BCUT2D eigenvalue weighted by Gasteiger charge is 2.24. The molecule has 0 saturated carbocycles. The van der Waals surface area contributed by atoms with E-state index in [9.17, 15) is 0 Å². The molecule has 0 aliphatic heterocycles. The molecule has 0 unspecified atom stereocenters. The minimum atomic E-state index is -0.114. The van der Waals surface area contributed by atoms with Crippen LogP contribution in [0.25, 0.3) is 38.6 Å². The van der Waals surface area contributed by atoms with Crippen molar-refractivity contribution in [3.8, 4) is 16.8 Å². The van der Waals surface area contributed by atoms with Crippen LogP contribution in [0.2, 0.25) is 0 Å². The van der Waals surface area contributed by atoms with Crippen LogP contribution in [0.1, 0.15) is 25.0 Å². The van der Waals surface area contributed by atoms with Gasteiger partial charge in [-0.05, 0) is 76.9 Å². The molecule has 0 saturated heterocycles. The minimum absolute atomic E-state index is 0.114. The summed E-state index contributed by atoms with van der Waals surface area (Å²) in [6.45, 7) is 4.60. The Bertz CT molecular complexity index is 2280. The van der Waals surface area contributed by atoms with Crippen molar-refractivity contribution in [2.24, 2.45) is 0 Å². The maximum Gasteiger partial charge on any atom is 0.0561 e. The topological polar surface area (TPSA) is 8.17 Å². The monoisotopic (exact) mass is 604 g/mol. The van der Waals surface area contributed by atoms with E-state index >= 15 is 0 Å². The standard InChI is InChI=1S/C45H36N2/c1-45(2,35-16-8-4-9-17-35)36-24-28-39(29-25-36)46(38-26-22-34(23-27-38)33-14-6-3-7-15-33)40-30-31-42-41-20-12-13-21-43(41)47(44(42)32-40)37-18-10-5-11-19-37/h3-32H,1-2H3. The van der Waals surface area contributed by atoms with Crippen molar-refractivity contribution >= 4 is 38.9 Å². The van der Waals surface area contributed by atoms with Gasteiger partial charge in [0.25, 0.3) is 0 Å². The third-order valence-electron chi connectivity index (χ3n) is 9.51. The highest BCUT2D eigenvalue weighted by atomic mass is 15.1. The minimum Gasteiger partial charge on any atom is -0.310 e. The van der Waals surface area contributed by atoms with Gasteiger partial charge in [-0.3, -0.25) is 0 Å². The number of para-hydroxylation sites is 2. The maximum atomic E-state index is 2.39. The number of anilines is 3. The summed E-state index contributed by atoms with van der Waals surface area (Å²) in [6, 6.07) is 65.6. The quantitative estimate of drug-likeness (QED) is 0.176. The van der Waals surface area contributed by atoms with E-state index in [1.807, 2.05) is 0 Å². The Kier molecular flexibility index (Phi) is 7.19. The summed E-state index contributed by atoms with van der Waals surface area (Å²) < 4.78 is 2.39. The lowest BCUT2D eigenvalue weighted by molar-refractivity contribution is 0.641. The highest BCUT2D eigenvalue weighted by molar-refractivity contribution is 6.10. The van der Waals surface area contributed by atoms with E-state index < -0.39 is 0 Å². The summed E-state index contributed by atoms with van der Waals surface area (Å²) in [4.78, 5) is 2.38. The molecule has 0 amide bonds. The average molecular weight is 605 g/mol. The van der Waals surface area contributed by atoms with Gasteiger partial charge in [0, 0.05) is 38.9 Å². The number of hydrogen-bond donors (Lipinski definition) is 0. The van der Waals surface area contributed by atoms with Crippen molar-refractivity contribution in [3.63, 3.8) is 0 Å². The number of aromatic nitrogens is 1. The summed E-state index contributed by atoms with van der Waals surface area (Å²) in [5.74, 6) is 0. The van der Waals surface area contributed by atoms with Crippen molar-refractivity contribution in [2.45, 2.75) is 19.3 Å². The molecule has 47 heavy (non-hydrogen) atoms. The normalized spacial score (nSPS) is 11.6. The molecule has 0 spiro atoms. The molecule has 0 radical (unpaired) electrons. The van der Waals surface area contributed by atoms with Crippen LogP contribution < -0.4 is 4.90 Å². The average Bonchev–Trinajstić information content (AvgIpc) is 3.47. The third kappa shape index (κ3) is 5.18. The molecular formula is C45H36N2. The highest BCUT2D eigenvalue weighted by Crippen LogP contribution is 2.41. The van der Waals surface area contributed by atoms with Crippen LogP contribution >= 0.6 is 0 Å². The summed E-state index contributed by atoms with van der Waals surface area (Å²) in [6.07, 6.45) is 0. The van der Waals surface area contributed by atoms with Gasteiger partial charge in [0.05, 0.1) is 11.0 Å². The molecule has 7 aromatic carbocycles. The smallest absolute Gasteiger partial charge is 0.0561 e. The number of hydrogen-bond acceptors (Lipinski definition) is 1. The Balaban J connectivity index is 1.29. The summed E-state index contributed by atoms with van der Waals surface area (Å²) in [7, 11) is 0. The lowest BCUT2D eigenvalue weighted by Crippen LogP contribution is -2.19. The molecule has 8 aromatic rings. The Morgan fingerprint density at radius 3 is 1.57 bits per heavy atom. The zero-order valence-electron chi connectivity index (χ0n) is 26.7. The second-order valence-electron chi connectivity index (χ2n) is 12.7. The Morgan fingerprint density at radius 1 is 0.404 bits per heavy atom. The molecule has 226 valence electrons. The van der Waals surface area contributed by atoms with Crippen LogP contribution in [0, 0.1) is 0 Å². The van der Waals surface area contributed by atoms with Gasteiger partial charge in [-0.15, -0.1) is 0 Å². The van der Waals surface area contributed by atoms with Gasteiger partial charge in [-0.2, -0.15) is 0 Å². The molecule has 1 heterocycles. The van der Waals surface area contributed by atoms with E-state index in [2.05, 4.69) is 205 Å². The lowest BCUT2D eigenvalue weighted by Gasteiger charge is -2.29. The van der Waals surface area contributed by atoms with Crippen LogP contribution in [-0.2, 0) is 5.41 Å². The van der Waals surface area contributed by atoms with Crippen LogP contribution in [0.3, 0.4) is 0 Å². The van der Waals surface area contributed by atoms with Crippen molar-refractivity contribution in [1.82, 2.24) is 4.57 Å². The molecule has 0 bridgehead atoms. The van der Waals surface area contributed by atoms with E-state index in [0.717, 1.165) is 22.7 Å². The second-order valence-corrected chi connectivity index (χ2v) is 12.7. The summed E-state index contributed by atoms with van der Waals surface area (Å²) in [5.41, 5.74) is 11.8. The molecule has 0 fully saturated rings. The Hall–Kier alpha value is -5.86. The van der Waals surface area contributed by atoms with Crippen LogP contribution in [0.5, 0.6) is 0 Å². The molecule has 8 rings (SSSR count). The van der Waals surface area contributed by atoms with Crippen molar-refractivity contribution < 1.29 is 0 Å². The van der Waals surface area contributed by atoms with Gasteiger partial charge in [0.15, 0.2) is 0 Å². The first-order valence-corrected chi connectivity index (χ1v) is 16.3. The zero-order chi connectivity index (χ0) is 31.8. The lowest BCUT2D eigenvalue weighted by atomic mass is 9.78. The van der Waals surface area contributed by atoms with Crippen molar-refractivity contribution in [3.05, 3.63) is 193 Å². The fourth-order valence-corrected chi connectivity index (χ4v) is 6.88. The number of nitrogens with zero attached hydrogens (tertiary/aromatic N) is 2. The molecule has 2 heteroatoms. The number of rotatable bonds is 7. The maximum absolute atomic E-state index is 2.39.